The van der Waals surface area contributed by atoms with Crippen LogP contribution < -0.4 is 10.1 Å². The number of aromatic amines is 1. The molecule has 0 aliphatic carbocycles. The lowest BCUT2D eigenvalue weighted by atomic mass is 10.2. The molecule has 0 saturated carbocycles. The van der Waals surface area contributed by atoms with E-state index in [9.17, 15) is 0 Å². The fourth-order valence-electron chi connectivity index (χ4n) is 1.68. The van der Waals surface area contributed by atoms with Crippen molar-refractivity contribution in [3.63, 3.8) is 0 Å². The van der Waals surface area contributed by atoms with Gasteiger partial charge in [0, 0.05) is 12.4 Å². The summed E-state index contributed by atoms with van der Waals surface area (Å²) < 4.78 is 5.74. The van der Waals surface area contributed by atoms with Gasteiger partial charge in [-0.25, -0.2) is 4.98 Å². The van der Waals surface area contributed by atoms with E-state index < -0.39 is 0 Å². The zero-order valence-corrected chi connectivity index (χ0v) is 10.9. The van der Waals surface area contributed by atoms with E-state index in [1.54, 1.807) is 6.20 Å². The maximum atomic E-state index is 5.74. The molecular weight excluding hydrogens is 226 g/mol. The minimum Gasteiger partial charge on any atom is -0.491 e. The first-order valence-electron chi connectivity index (χ1n) is 6.25. The third kappa shape index (κ3) is 3.26. The van der Waals surface area contributed by atoms with Crippen molar-refractivity contribution < 1.29 is 4.74 Å². The largest absolute Gasteiger partial charge is 0.491 e. The number of aromatic nitrogens is 2. The number of nitrogens with one attached hydrogen (secondary N) is 2. The SMILES string of the molecule is CCCOc1cc(C)ccc1NCc1ncc[nH]1. The van der Waals surface area contributed by atoms with Crippen LogP contribution in [0.3, 0.4) is 0 Å². The highest BCUT2D eigenvalue weighted by molar-refractivity contribution is 5.57. The molecule has 0 atom stereocenters. The summed E-state index contributed by atoms with van der Waals surface area (Å²) in [4.78, 5) is 7.25. The van der Waals surface area contributed by atoms with Crippen LogP contribution in [0.5, 0.6) is 5.75 Å². The van der Waals surface area contributed by atoms with Crippen LogP contribution in [0.2, 0.25) is 0 Å². The Bertz CT molecular complexity index is 480. The molecule has 0 aliphatic heterocycles. The van der Waals surface area contributed by atoms with Crippen molar-refractivity contribution in [2.45, 2.75) is 26.8 Å². The molecule has 0 fully saturated rings. The van der Waals surface area contributed by atoms with Gasteiger partial charge in [0.2, 0.25) is 0 Å². The molecule has 2 aromatic rings. The van der Waals surface area contributed by atoms with E-state index in [1.807, 2.05) is 12.3 Å². The molecule has 0 amide bonds. The average Bonchev–Trinajstić information content (AvgIpc) is 2.88. The monoisotopic (exact) mass is 245 g/mol. The second-order valence-electron chi connectivity index (χ2n) is 4.24. The number of hydrogen-bond donors (Lipinski definition) is 2. The van der Waals surface area contributed by atoms with Gasteiger partial charge in [-0.1, -0.05) is 13.0 Å². The van der Waals surface area contributed by atoms with Crippen molar-refractivity contribution >= 4 is 5.69 Å². The molecule has 4 nitrogen and oxygen atoms in total. The van der Waals surface area contributed by atoms with Crippen molar-refractivity contribution in [2.24, 2.45) is 0 Å². The Hall–Kier alpha value is -1.97. The van der Waals surface area contributed by atoms with Crippen LogP contribution in [0.4, 0.5) is 5.69 Å². The van der Waals surface area contributed by atoms with Crippen LogP contribution in [-0.4, -0.2) is 16.6 Å². The standard InChI is InChI=1S/C14H19N3O/c1-3-8-18-13-9-11(2)4-5-12(13)17-10-14-15-6-7-16-14/h4-7,9,17H,3,8,10H2,1-2H3,(H,15,16). The molecule has 0 spiro atoms. The van der Waals surface area contributed by atoms with Gasteiger partial charge in [-0.3, -0.25) is 0 Å². The van der Waals surface area contributed by atoms with Crippen LogP contribution in [0.15, 0.2) is 30.6 Å². The summed E-state index contributed by atoms with van der Waals surface area (Å²) in [6.07, 6.45) is 4.58. The van der Waals surface area contributed by atoms with Gasteiger partial charge in [-0.15, -0.1) is 0 Å². The average molecular weight is 245 g/mol. The predicted octanol–water partition coefficient (Wildman–Crippen LogP) is 3.12. The van der Waals surface area contributed by atoms with E-state index in [4.69, 9.17) is 4.74 Å². The molecule has 0 radical (unpaired) electrons. The van der Waals surface area contributed by atoms with Crippen molar-refractivity contribution in [1.82, 2.24) is 9.97 Å². The summed E-state index contributed by atoms with van der Waals surface area (Å²) >= 11 is 0. The van der Waals surface area contributed by atoms with Gasteiger partial charge in [0.05, 0.1) is 18.8 Å². The van der Waals surface area contributed by atoms with Crippen molar-refractivity contribution in [2.75, 3.05) is 11.9 Å². The van der Waals surface area contributed by atoms with Crippen molar-refractivity contribution in [3.05, 3.63) is 42.0 Å². The van der Waals surface area contributed by atoms with Gasteiger partial charge in [0.1, 0.15) is 11.6 Å². The molecule has 0 saturated heterocycles. The summed E-state index contributed by atoms with van der Waals surface area (Å²) in [5, 5.41) is 3.33. The van der Waals surface area contributed by atoms with Gasteiger partial charge in [0.25, 0.3) is 0 Å². The zero-order valence-electron chi connectivity index (χ0n) is 10.9. The molecule has 4 heteroatoms. The van der Waals surface area contributed by atoms with Gasteiger partial charge in [-0.05, 0) is 31.0 Å². The Balaban J connectivity index is 2.05. The Morgan fingerprint density at radius 1 is 1.39 bits per heavy atom. The van der Waals surface area contributed by atoms with Crippen LogP contribution in [0.1, 0.15) is 24.7 Å². The zero-order chi connectivity index (χ0) is 12.8. The minimum absolute atomic E-state index is 0.665. The second kappa shape index (κ2) is 6.10. The minimum atomic E-state index is 0.665. The number of benzene rings is 1. The number of nitrogens with zero attached hydrogens (tertiary/aromatic N) is 1. The van der Waals surface area contributed by atoms with Gasteiger partial charge < -0.3 is 15.0 Å². The summed E-state index contributed by atoms with van der Waals surface area (Å²) in [5.41, 5.74) is 2.20. The van der Waals surface area contributed by atoms with Crippen LogP contribution in [0.25, 0.3) is 0 Å². The van der Waals surface area contributed by atoms with Crippen molar-refractivity contribution in [1.29, 1.82) is 0 Å². The predicted molar refractivity (Wildman–Crippen MR) is 72.9 cm³/mol. The van der Waals surface area contributed by atoms with Gasteiger partial charge >= 0.3 is 0 Å². The van der Waals surface area contributed by atoms with E-state index in [-0.39, 0.29) is 0 Å². The number of rotatable bonds is 6. The maximum absolute atomic E-state index is 5.74. The van der Waals surface area contributed by atoms with E-state index in [1.165, 1.54) is 5.56 Å². The Kier molecular flexibility index (Phi) is 4.23. The quantitative estimate of drug-likeness (QED) is 0.822. The molecule has 1 heterocycles. The molecule has 0 aliphatic rings. The van der Waals surface area contributed by atoms with Gasteiger partial charge in [-0.2, -0.15) is 0 Å². The fraction of sp³-hybridized carbons (Fsp3) is 0.357. The Morgan fingerprint density at radius 2 is 2.28 bits per heavy atom. The first kappa shape index (κ1) is 12.5. The first-order chi connectivity index (χ1) is 8.79. The number of anilines is 1. The van der Waals surface area contributed by atoms with Crippen LogP contribution >= 0.6 is 0 Å². The highest BCUT2D eigenvalue weighted by Crippen LogP contribution is 2.26. The molecule has 96 valence electrons. The summed E-state index contributed by atoms with van der Waals surface area (Å²) in [6, 6.07) is 6.17. The number of hydrogen-bond acceptors (Lipinski definition) is 3. The third-order valence-corrected chi connectivity index (χ3v) is 2.60. The lowest BCUT2D eigenvalue weighted by Gasteiger charge is -2.13. The van der Waals surface area contributed by atoms with Crippen LogP contribution in [-0.2, 0) is 6.54 Å². The van der Waals surface area contributed by atoms with E-state index >= 15 is 0 Å². The normalized spacial score (nSPS) is 10.3. The number of H-pyrrole nitrogens is 1. The smallest absolute Gasteiger partial charge is 0.142 e. The lowest BCUT2D eigenvalue weighted by molar-refractivity contribution is 0.318. The molecule has 1 aromatic carbocycles. The molecule has 2 N–H and O–H groups in total. The fourth-order valence-corrected chi connectivity index (χ4v) is 1.68. The highest BCUT2D eigenvalue weighted by atomic mass is 16.5. The number of imidazole rings is 1. The lowest BCUT2D eigenvalue weighted by Crippen LogP contribution is -2.04. The Labute approximate surface area is 107 Å². The summed E-state index contributed by atoms with van der Waals surface area (Å²) in [6.45, 7) is 5.57. The highest BCUT2D eigenvalue weighted by Gasteiger charge is 2.04. The van der Waals surface area contributed by atoms with Gasteiger partial charge in [0.15, 0.2) is 0 Å². The molecule has 0 unspecified atom stereocenters. The van der Waals surface area contributed by atoms with E-state index in [0.717, 1.165) is 30.3 Å². The van der Waals surface area contributed by atoms with Crippen molar-refractivity contribution in [3.8, 4) is 5.75 Å². The summed E-state index contributed by atoms with van der Waals surface area (Å²) in [7, 11) is 0. The Morgan fingerprint density at radius 3 is 3.00 bits per heavy atom. The topological polar surface area (TPSA) is 49.9 Å². The molecule has 1 aromatic heterocycles. The van der Waals surface area contributed by atoms with E-state index in [0.29, 0.717) is 6.54 Å². The molecular formula is C14H19N3O. The molecule has 0 bridgehead atoms. The van der Waals surface area contributed by atoms with E-state index in [2.05, 4.69) is 41.3 Å². The molecule has 2 rings (SSSR count). The number of ether oxygens (including phenoxy) is 1. The summed E-state index contributed by atoms with van der Waals surface area (Å²) in [5.74, 6) is 1.82. The molecule has 18 heavy (non-hydrogen) atoms. The number of aryl methyl sites for hydroxylation is 1. The third-order valence-electron chi connectivity index (χ3n) is 2.60. The van der Waals surface area contributed by atoms with Crippen LogP contribution in [0, 0.1) is 6.92 Å². The first-order valence-corrected chi connectivity index (χ1v) is 6.25. The second-order valence-corrected chi connectivity index (χ2v) is 4.24. The maximum Gasteiger partial charge on any atom is 0.142 e.